The smallest absolute Gasteiger partial charge is 0.175 e. The van der Waals surface area contributed by atoms with Crippen LogP contribution in [0.4, 0.5) is 0 Å². The summed E-state index contributed by atoms with van der Waals surface area (Å²) in [5, 5.41) is 11.7. The number of benzene rings is 2. The summed E-state index contributed by atoms with van der Waals surface area (Å²) in [4.78, 5) is 0. The number of nitrogens with zero attached hydrogens (tertiary/aromatic N) is 4. The number of hydrogen-bond donors (Lipinski definition) is 0. The van der Waals surface area contributed by atoms with Crippen LogP contribution in [0, 0.1) is 0 Å². The summed E-state index contributed by atoms with van der Waals surface area (Å²) in [5.74, 6) is 2.04. The molecule has 0 spiro atoms. The Morgan fingerprint density at radius 2 is 1.86 bits per heavy atom. The molecule has 29 heavy (non-hydrogen) atoms. The van der Waals surface area contributed by atoms with E-state index in [0.29, 0.717) is 24.7 Å². The zero-order valence-electron chi connectivity index (χ0n) is 16.0. The molecule has 0 fully saturated rings. The second-order valence-electron chi connectivity index (χ2n) is 5.92. The number of halogens is 1. The second-order valence-corrected chi connectivity index (χ2v) is 6.77. The lowest BCUT2D eigenvalue weighted by atomic mass is 10.1. The number of rotatable bonds is 10. The van der Waals surface area contributed by atoms with Gasteiger partial charge in [-0.25, -0.2) is 4.68 Å². The third kappa shape index (κ3) is 5.68. The molecule has 0 radical (unpaired) electrons. The topological polar surface area (TPSA) is 70.8 Å². The van der Waals surface area contributed by atoms with Crippen LogP contribution in [-0.2, 0) is 6.42 Å². The molecule has 0 atom stereocenters. The Morgan fingerprint density at radius 1 is 1.10 bits per heavy atom. The van der Waals surface area contributed by atoms with Crippen LogP contribution in [0.3, 0.4) is 0 Å². The van der Waals surface area contributed by atoms with Crippen LogP contribution in [0.15, 0.2) is 71.3 Å². The second kappa shape index (κ2) is 10.4. The highest BCUT2D eigenvalue weighted by atomic mass is 79.9. The highest BCUT2D eigenvalue weighted by Gasteiger charge is 2.11. The van der Waals surface area contributed by atoms with Crippen molar-refractivity contribution in [2.75, 3.05) is 20.3 Å². The van der Waals surface area contributed by atoms with Crippen LogP contribution in [0.1, 0.15) is 11.1 Å². The van der Waals surface area contributed by atoms with Crippen molar-refractivity contribution in [2.45, 2.75) is 6.42 Å². The predicted molar refractivity (Wildman–Crippen MR) is 115 cm³/mol. The third-order valence-corrected chi connectivity index (χ3v) is 4.51. The van der Waals surface area contributed by atoms with Crippen LogP contribution in [-0.4, -0.2) is 41.4 Å². The molecule has 0 saturated heterocycles. The Kier molecular flexibility index (Phi) is 7.40. The summed E-state index contributed by atoms with van der Waals surface area (Å²) in [5.41, 5.74) is 1.93. The molecule has 7 nitrogen and oxygen atoms in total. The average molecular weight is 457 g/mol. The van der Waals surface area contributed by atoms with Crippen molar-refractivity contribution in [1.82, 2.24) is 14.9 Å². The molecule has 3 rings (SSSR count). The number of aromatic nitrogens is 3. The molecule has 0 saturated carbocycles. The van der Waals surface area contributed by atoms with Crippen LogP contribution in [0.5, 0.6) is 17.2 Å². The fourth-order valence-corrected chi connectivity index (χ4v) is 3.18. The maximum Gasteiger partial charge on any atom is 0.175 e. The van der Waals surface area contributed by atoms with Crippen molar-refractivity contribution in [3.05, 3.63) is 77.3 Å². The number of para-hydroxylation sites is 1. The van der Waals surface area contributed by atoms with Crippen LogP contribution >= 0.6 is 15.9 Å². The molecule has 0 aliphatic rings. The van der Waals surface area contributed by atoms with Gasteiger partial charge >= 0.3 is 0 Å². The number of hydrogen-bond acceptors (Lipinski definition) is 6. The zero-order chi connectivity index (χ0) is 20.5. The first-order valence-corrected chi connectivity index (χ1v) is 9.71. The molecule has 150 valence electrons. The monoisotopic (exact) mass is 456 g/mol. The van der Waals surface area contributed by atoms with E-state index in [4.69, 9.17) is 14.2 Å². The summed E-state index contributed by atoms with van der Waals surface area (Å²) in [7, 11) is 1.59. The van der Waals surface area contributed by atoms with Gasteiger partial charge in [0.15, 0.2) is 11.5 Å². The molecular weight excluding hydrogens is 436 g/mol. The first kappa shape index (κ1) is 20.6. The van der Waals surface area contributed by atoms with E-state index in [2.05, 4.69) is 37.8 Å². The van der Waals surface area contributed by atoms with E-state index in [1.165, 1.54) is 17.3 Å². The Bertz CT molecular complexity index is 974. The Morgan fingerprint density at radius 3 is 2.62 bits per heavy atom. The van der Waals surface area contributed by atoms with Gasteiger partial charge in [0.2, 0.25) is 0 Å². The first-order chi connectivity index (χ1) is 14.2. The van der Waals surface area contributed by atoms with E-state index in [1.54, 1.807) is 13.3 Å². The van der Waals surface area contributed by atoms with Gasteiger partial charge in [0.05, 0.1) is 17.8 Å². The van der Waals surface area contributed by atoms with Gasteiger partial charge in [0.1, 0.15) is 31.6 Å². The summed E-state index contributed by atoms with van der Waals surface area (Å²) in [6, 6.07) is 11.6. The summed E-state index contributed by atoms with van der Waals surface area (Å²) in [6.07, 6.45) is 7.31. The van der Waals surface area contributed by atoms with Gasteiger partial charge in [0, 0.05) is 0 Å². The molecule has 0 amide bonds. The molecule has 1 heterocycles. The fourth-order valence-electron chi connectivity index (χ4n) is 2.61. The van der Waals surface area contributed by atoms with E-state index in [1.807, 2.05) is 42.5 Å². The van der Waals surface area contributed by atoms with Crippen molar-refractivity contribution in [2.24, 2.45) is 5.10 Å². The van der Waals surface area contributed by atoms with Crippen LogP contribution in [0.25, 0.3) is 0 Å². The number of ether oxygens (including phenoxy) is 3. The molecule has 0 aliphatic carbocycles. The maximum atomic E-state index is 5.90. The third-order valence-electron chi connectivity index (χ3n) is 3.92. The van der Waals surface area contributed by atoms with Crippen molar-refractivity contribution >= 4 is 22.1 Å². The van der Waals surface area contributed by atoms with E-state index in [9.17, 15) is 0 Å². The lowest BCUT2D eigenvalue weighted by Crippen LogP contribution is -2.11. The molecule has 2 aromatic carbocycles. The van der Waals surface area contributed by atoms with Crippen molar-refractivity contribution in [3.63, 3.8) is 0 Å². The van der Waals surface area contributed by atoms with Crippen molar-refractivity contribution < 1.29 is 14.2 Å². The van der Waals surface area contributed by atoms with E-state index < -0.39 is 0 Å². The Labute approximate surface area is 177 Å². The average Bonchev–Trinajstić information content (AvgIpc) is 3.25. The lowest BCUT2D eigenvalue weighted by Gasteiger charge is -2.15. The first-order valence-electron chi connectivity index (χ1n) is 8.92. The van der Waals surface area contributed by atoms with E-state index in [-0.39, 0.29) is 0 Å². The lowest BCUT2D eigenvalue weighted by molar-refractivity contribution is 0.209. The molecular formula is C21H21BrN4O3. The zero-order valence-corrected chi connectivity index (χ0v) is 17.6. The van der Waals surface area contributed by atoms with Crippen LogP contribution < -0.4 is 14.2 Å². The SMILES string of the molecule is C=CCc1ccccc1OCCOc1c(Br)cc(/C=N/n2cnnc2)cc1OC. The van der Waals surface area contributed by atoms with Gasteiger partial charge in [-0.15, -0.1) is 16.8 Å². The standard InChI is InChI=1S/C21H21BrN4O3/c1-3-6-17-7-4-5-8-19(17)28-9-10-29-21-18(22)11-16(12-20(21)27-2)13-25-26-14-23-24-15-26/h3-5,7-8,11-15H,1,6,9-10H2,2H3/b25-13+. The Balaban J connectivity index is 1.62. The quantitative estimate of drug-likeness (QED) is 0.260. The molecule has 3 aromatic rings. The van der Waals surface area contributed by atoms with Gasteiger partial charge in [0.25, 0.3) is 0 Å². The molecule has 8 heteroatoms. The largest absolute Gasteiger partial charge is 0.493 e. The minimum Gasteiger partial charge on any atom is -0.493 e. The van der Waals surface area contributed by atoms with E-state index in [0.717, 1.165) is 27.8 Å². The fraction of sp³-hybridized carbons (Fsp3) is 0.190. The minimum atomic E-state index is 0.367. The van der Waals surface area contributed by atoms with Gasteiger partial charge in [-0.3, -0.25) is 0 Å². The number of allylic oxidation sites excluding steroid dienone is 1. The van der Waals surface area contributed by atoms with Crippen molar-refractivity contribution in [3.8, 4) is 17.2 Å². The van der Waals surface area contributed by atoms with E-state index >= 15 is 0 Å². The molecule has 0 aliphatic heterocycles. The summed E-state index contributed by atoms with van der Waals surface area (Å²) < 4.78 is 19.5. The van der Waals surface area contributed by atoms with Gasteiger partial charge in [-0.2, -0.15) is 5.10 Å². The molecule has 0 N–H and O–H groups in total. The van der Waals surface area contributed by atoms with Gasteiger partial charge in [-0.05, 0) is 51.7 Å². The molecule has 0 bridgehead atoms. The highest BCUT2D eigenvalue weighted by molar-refractivity contribution is 9.10. The van der Waals surface area contributed by atoms with Gasteiger partial charge < -0.3 is 14.2 Å². The summed E-state index contributed by atoms with van der Waals surface area (Å²) in [6.45, 7) is 4.55. The van der Waals surface area contributed by atoms with Gasteiger partial charge in [-0.1, -0.05) is 24.3 Å². The summed E-state index contributed by atoms with van der Waals surface area (Å²) >= 11 is 3.54. The highest BCUT2D eigenvalue weighted by Crippen LogP contribution is 2.36. The Hall–Kier alpha value is -3.13. The predicted octanol–water partition coefficient (Wildman–Crippen LogP) is 4.12. The van der Waals surface area contributed by atoms with Crippen molar-refractivity contribution in [1.29, 1.82) is 0 Å². The maximum absolute atomic E-state index is 5.90. The minimum absolute atomic E-state index is 0.367. The molecule has 1 aromatic heterocycles. The molecule has 0 unspecified atom stereocenters. The van der Waals surface area contributed by atoms with Crippen LogP contribution in [0.2, 0.25) is 0 Å². The number of methoxy groups -OCH3 is 1. The normalized spacial score (nSPS) is 10.8.